The Hall–Kier alpha value is -2.07. The molecule has 0 spiro atoms. The normalized spacial score (nSPS) is 15.6. The summed E-state index contributed by atoms with van der Waals surface area (Å²) in [6, 6.07) is 11.6. The van der Waals surface area contributed by atoms with E-state index in [1.54, 1.807) is 0 Å². The van der Waals surface area contributed by atoms with Gasteiger partial charge in [-0.1, -0.05) is 11.6 Å². The van der Waals surface area contributed by atoms with Crippen LogP contribution in [0.2, 0.25) is 5.02 Å². The van der Waals surface area contributed by atoms with Crippen LogP contribution in [0, 0.1) is 6.92 Å². The second kappa shape index (κ2) is 5.51. The van der Waals surface area contributed by atoms with Crippen molar-refractivity contribution in [2.24, 2.45) is 5.10 Å². The predicted molar refractivity (Wildman–Crippen MR) is 83.7 cm³/mol. The van der Waals surface area contributed by atoms with Crippen LogP contribution in [0.1, 0.15) is 17.7 Å². The molecule has 1 aromatic heterocycles. The van der Waals surface area contributed by atoms with Crippen molar-refractivity contribution >= 4 is 28.8 Å². The SMILES string of the molecule is Cc1ccc2c(n1)NCC/C2=N\Nc1ccc(Cl)cc1. The Morgan fingerprint density at radius 1 is 1.20 bits per heavy atom. The first-order chi connectivity index (χ1) is 9.72. The number of nitrogens with zero attached hydrogens (tertiary/aromatic N) is 2. The summed E-state index contributed by atoms with van der Waals surface area (Å²) in [6.45, 7) is 2.84. The van der Waals surface area contributed by atoms with Crippen LogP contribution in [0.25, 0.3) is 0 Å². The summed E-state index contributed by atoms with van der Waals surface area (Å²) >= 11 is 5.86. The highest BCUT2D eigenvalue weighted by Gasteiger charge is 2.16. The Bertz CT molecular complexity index is 649. The van der Waals surface area contributed by atoms with E-state index in [9.17, 15) is 0 Å². The van der Waals surface area contributed by atoms with Crippen molar-refractivity contribution in [3.63, 3.8) is 0 Å². The topological polar surface area (TPSA) is 49.3 Å². The van der Waals surface area contributed by atoms with E-state index >= 15 is 0 Å². The first-order valence-corrected chi connectivity index (χ1v) is 6.90. The molecule has 5 heteroatoms. The third kappa shape index (κ3) is 2.75. The predicted octanol–water partition coefficient (Wildman–Crippen LogP) is 3.68. The molecule has 2 heterocycles. The van der Waals surface area contributed by atoms with Gasteiger partial charge in [0.05, 0.1) is 11.4 Å². The van der Waals surface area contributed by atoms with Crippen molar-refractivity contribution in [3.8, 4) is 0 Å². The Morgan fingerprint density at radius 2 is 2.00 bits per heavy atom. The van der Waals surface area contributed by atoms with E-state index in [0.29, 0.717) is 0 Å². The zero-order valence-corrected chi connectivity index (χ0v) is 11.9. The van der Waals surface area contributed by atoms with Gasteiger partial charge in [0.25, 0.3) is 0 Å². The lowest BCUT2D eigenvalue weighted by Gasteiger charge is -2.19. The van der Waals surface area contributed by atoms with Crippen molar-refractivity contribution in [2.75, 3.05) is 17.3 Å². The minimum Gasteiger partial charge on any atom is -0.369 e. The van der Waals surface area contributed by atoms with Crippen LogP contribution >= 0.6 is 11.6 Å². The molecule has 102 valence electrons. The van der Waals surface area contributed by atoms with E-state index in [1.807, 2.05) is 37.3 Å². The average Bonchev–Trinajstić information content (AvgIpc) is 2.46. The van der Waals surface area contributed by atoms with Crippen molar-refractivity contribution in [3.05, 3.63) is 52.7 Å². The number of aryl methyl sites for hydroxylation is 1. The fraction of sp³-hybridized carbons (Fsp3) is 0.200. The van der Waals surface area contributed by atoms with Crippen LogP contribution < -0.4 is 10.7 Å². The van der Waals surface area contributed by atoms with Crippen molar-refractivity contribution in [1.29, 1.82) is 0 Å². The van der Waals surface area contributed by atoms with E-state index in [4.69, 9.17) is 11.6 Å². The molecule has 20 heavy (non-hydrogen) atoms. The maximum absolute atomic E-state index is 5.86. The number of rotatable bonds is 2. The molecule has 0 saturated heterocycles. The second-order valence-corrected chi connectivity index (χ2v) is 5.14. The van der Waals surface area contributed by atoms with E-state index in [-0.39, 0.29) is 0 Å². The molecule has 0 saturated carbocycles. The lowest BCUT2D eigenvalue weighted by Crippen LogP contribution is -2.21. The van der Waals surface area contributed by atoms with Gasteiger partial charge in [-0.3, -0.25) is 5.43 Å². The van der Waals surface area contributed by atoms with Gasteiger partial charge in [0, 0.05) is 29.2 Å². The number of pyridine rings is 1. The fourth-order valence-electron chi connectivity index (χ4n) is 2.13. The quantitative estimate of drug-likeness (QED) is 0.828. The van der Waals surface area contributed by atoms with Gasteiger partial charge in [-0.25, -0.2) is 4.98 Å². The number of aromatic nitrogens is 1. The van der Waals surface area contributed by atoms with E-state index in [0.717, 1.165) is 46.5 Å². The number of hydrogen-bond acceptors (Lipinski definition) is 4. The molecule has 4 nitrogen and oxygen atoms in total. The monoisotopic (exact) mass is 286 g/mol. The van der Waals surface area contributed by atoms with Crippen molar-refractivity contribution < 1.29 is 0 Å². The van der Waals surface area contributed by atoms with E-state index in [2.05, 4.69) is 26.9 Å². The highest BCUT2D eigenvalue weighted by atomic mass is 35.5. The molecule has 2 aromatic rings. The summed E-state index contributed by atoms with van der Waals surface area (Å²) in [5, 5.41) is 8.52. The summed E-state index contributed by atoms with van der Waals surface area (Å²) in [7, 11) is 0. The number of hydrazone groups is 1. The van der Waals surface area contributed by atoms with Gasteiger partial charge >= 0.3 is 0 Å². The first-order valence-electron chi connectivity index (χ1n) is 6.52. The van der Waals surface area contributed by atoms with E-state index < -0.39 is 0 Å². The molecular weight excluding hydrogens is 272 g/mol. The molecule has 2 N–H and O–H groups in total. The van der Waals surface area contributed by atoms with Gasteiger partial charge in [-0.05, 0) is 43.3 Å². The van der Waals surface area contributed by atoms with Crippen molar-refractivity contribution in [2.45, 2.75) is 13.3 Å². The molecule has 0 amide bonds. The van der Waals surface area contributed by atoms with Gasteiger partial charge in [0.15, 0.2) is 0 Å². The lowest BCUT2D eigenvalue weighted by atomic mass is 10.0. The zero-order valence-electron chi connectivity index (χ0n) is 11.2. The Morgan fingerprint density at radius 3 is 2.80 bits per heavy atom. The lowest BCUT2D eigenvalue weighted by molar-refractivity contribution is 1.02. The number of halogens is 1. The van der Waals surface area contributed by atoms with Gasteiger partial charge in [0.1, 0.15) is 5.82 Å². The smallest absolute Gasteiger partial charge is 0.135 e. The zero-order chi connectivity index (χ0) is 13.9. The molecule has 0 bridgehead atoms. The van der Waals surface area contributed by atoms with Gasteiger partial charge in [-0.2, -0.15) is 5.10 Å². The summed E-state index contributed by atoms with van der Waals surface area (Å²) in [6.07, 6.45) is 0.873. The summed E-state index contributed by atoms with van der Waals surface area (Å²) in [4.78, 5) is 4.49. The summed E-state index contributed by atoms with van der Waals surface area (Å²) in [5.41, 5.74) is 7.07. The number of nitrogens with one attached hydrogen (secondary N) is 2. The fourth-order valence-corrected chi connectivity index (χ4v) is 2.26. The largest absolute Gasteiger partial charge is 0.369 e. The minimum absolute atomic E-state index is 0.718. The highest BCUT2D eigenvalue weighted by molar-refractivity contribution is 6.30. The van der Waals surface area contributed by atoms with Crippen LogP contribution in [0.3, 0.4) is 0 Å². The van der Waals surface area contributed by atoms with Crippen LogP contribution in [-0.4, -0.2) is 17.2 Å². The Kier molecular flexibility index (Phi) is 3.56. The molecule has 0 atom stereocenters. The molecular formula is C15H15ClN4. The Labute approximate surface area is 122 Å². The second-order valence-electron chi connectivity index (χ2n) is 4.70. The number of anilines is 2. The molecule has 0 unspecified atom stereocenters. The number of benzene rings is 1. The number of hydrogen-bond donors (Lipinski definition) is 2. The van der Waals surface area contributed by atoms with Crippen LogP contribution in [0.5, 0.6) is 0 Å². The van der Waals surface area contributed by atoms with Gasteiger partial charge < -0.3 is 5.32 Å². The first kappa shape index (κ1) is 12.9. The van der Waals surface area contributed by atoms with Crippen molar-refractivity contribution in [1.82, 2.24) is 4.98 Å². The summed E-state index contributed by atoms with van der Waals surface area (Å²) in [5.74, 6) is 0.910. The van der Waals surface area contributed by atoms with Crippen LogP contribution in [0.4, 0.5) is 11.5 Å². The minimum atomic E-state index is 0.718. The van der Waals surface area contributed by atoms with Crippen LogP contribution in [-0.2, 0) is 0 Å². The molecule has 1 aromatic carbocycles. The molecule has 1 aliphatic heterocycles. The maximum Gasteiger partial charge on any atom is 0.135 e. The van der Waals surface area contributed by atoms with E-state index in [1.165, 1.54) is 0 Å². The molecule has 1 aliphatic rings. The molecule has 0 radical (unpaired) electrons. The molecule has 3 rings (SSSR count). The standard InChI is InChI=1S/C15H15ClN4/c1-10-2-7-13-14(8-9-17-15(13)18-10)20-19-12-5-3-11(16)4-6-12/h2-7,19H,8-9H2,1H3,(H,17,18)/b20-14+. The third-order valence-corrected chi connectivity index (χ3v) is 3.42. The third-order valence-electron chi connectivity index (χ3n) is 3.16. The average molecular weight is 287 g/mol. The van der Waals surface area contributed by atoms with Gasteiger partial charge in [0.2, 0.25) is 0 Å². The number of fused-ring (bicyclic) bond motifs is 1. The molecule has 0 aliphatic carbocycles. The maximum atomic E-state index is 5.86. The molecule has 0 fully saturated rings. The summed E-state index contributed by atoms with van der Waals surface area (Å²) < 4.78 is 0. The van der Waals surface area contributed by atoms with Crippen LogP contribution in [0.15, 0.2) is 41.5 Å². The highest BCUT2D eigenvalue weighted by Crippen LogP contribution is 2.21. The Balaban J connectivity index is 1.84. The van der Waals surface area contributed by atoms with Gasteiger partial charge in [-0.15, -0.1) is 0 Å².